The molecule has 9 heteroatoms. The van der Waals surface area contributed by atoms with Crippen LogP contribution in [0.4, 0.5) is 4.79 Å². The van der Waals surface area contributed by atoms with E-state index in [1.807, 2.05) is 45.0 Å². The summed E-state index contributed by atoms with van der Waals surface area (Å²) in [5, 5.41) is 14.8. The average Bonchev–Trinajstić information content (AvgIpc) is 3.33. The zero-order valence-electron chi connectivity index (χ0n) is 23.1. The predicted octanol–water partition coefficient (Wildman–Crippen LogP) is 7.61. The first-order chi connectivity index (χ1) is 18.6. The second-order valence-corrected chi connectivity index (χ2v) is 10.9. The first-order valence-electron chi connectivity index (χ1n) is 13.3. The topological polar surface area (TPSA) is 93.9 Å². The predicted molar refractivity (Wildman–Crippen MR) is 153 cm³/mol. The second-order valence-electron chi connectivity index (χ2n) is 10.5. The van der Waals surface area contributed by atoms with E-state index in [2.05, 4.69) is 34.5 Å². The average molecular weight is 556 g/mol. The number of carboxylic acid groups (broad SMARTS) is 1. The number of likely N-dealkylation sites (tertiary alicyclic amines) is 1. The van der Waals surface area contributed by atoms with Gasteiger partial charge in [0.2, 0.25) is 0 Å². The fourth-order valence-electron chi connectivity index (χ4n) is 4.19. The molecule has 3 aromatic rings. The summed E-state index contributed by atoms with van der Waals surface area (Å²) in [6, 6.07) is 17.5. The molecule has 210 valence electrons. The summed E-state index contributed by atoms with van der Waals surface area (Å²) in [6.45, 7) is 10.1. The highest BCUT2D eigenvalue weighted by Crippen LogP contribution is 2.32. The molecule has 0 unspecified atom stereocenters. The maximum absolute atomic E-state index is 11.2. The van der Waals surface area contributed by atoms with Crippen LogP contribution in [-0.2, 0) is 16.1 Å². The highest BCUT2D eigenvalue weighted by atomic mass is 35.5. The Kier molecular flexibility index (Phi) is 10.8. The van der Waals surface area contributed by atoms with Crippen LogP contribution in [0.5, 0.6) is 11.5 Å². The van der Waals surface area contributed by atoms with Gasteiger partial charge in [-0.3, -0.25) is 9.48 Å². The molecule has 0 saturated carbocycles. The number of amides is 1. The molecule has 0 spiro atoms. The Morgan fingerprint density at radius 1 is 1.08 bits per heavy atom. The molecular weight excluding hydrogens is 518 g/mol. The Hall–Kier alpha value is -3.52. The van der Waals surface area contributed by atoms with Gasteiger partial charge in [0.15, 0.2) is 0 Å². The van der Waals surface area contributed by atoms with E-state index in [4.69, 9.17) is 21.4 Å². The van der Waals surface area contributed by atoms with Crippen molar-refractivity contribution < 1.29 is 24.2 Å². The molecule has 0 bridgehead atoms. The number of piperidine rings is 1. The highest BCUT2D eigenvalue weighted by Gasteiger charge is 2.26. The smallest absolute Gasteiger partial charge is 0.407 e. The van der Waals surface area contributed by atoms with Gasteiger partial charge in [-0.05, 0) is 94.6 Å². The van der Waals surface area contributed by atoms with Gasteiger partial charge in [-0.2, -0.15) is 5.10 Å². The molecule has 1 aliphatic heterocycles. The molecule has 39 heavy (non-hydrogen) atoms. The summed E-state index contributed by atoms with van der Waals surface area (Å²) in [4.78, 5) is 22.3. The monoisotopic (exact) mass is 555 g/mol. The van der Waals surface area contributed by atoms with Crippen LogP contribution in [0.1, 0.15) is 65.0 Å². The van der Waals surface area contributed by atoms with Crippen molar-refractivity contribution in [1.29, 1.82) is 0 Å². The molecule has 4 rings (SSSR count). The number of benzene rings is 2. The number of ether oxygens (including phenoxy) is 2. The summed E-state index contributed by atoms with van der Waals surface area (Å²) in [6.07, 6.45) is 2.94. The van der Waals surface area contributed by atoms with Crippen molar-refractivity contribution in [2.45, 2.75) is 71.4 Å². The first kappa shape index (κ1) is 30.0. The van der Waals surface area contributed by atoms with E-state index in [-0.39, 0.29) is 5.60 Å². The molecule has 1 aromatic heterocycles. The summed E-state index contributed by atoms with van der Waals surface area (Å²) in [5.41, 5.74) is 2.92. The molecule has 2 aromatic carbocycles. The molecule has 1 aliphatic rings. The van der Waals surface area contributed by atoms with E-state index in [9.17, 15) is 14.7 Å². The Labute approximate surface area is 235 Å². The minimum Gasteiger partial charge on any atom is -0.465 e. The van der Waals surface area contributed by atoms with E-state index in [0.717, 1.165) is 60.7 Å². The number of carbonyl (C=O) groups is 2. The minimum absolute atomic E-state index is 0.291. The largest absolute Gasteiger partial charge is 0.465 e. The van der Waals surface area contributed by atoms with E-state index in [0.29, 0.717) is 30.5 Å². The zero-order valence-corrected chi connectivity index (χ0v) is 23.9. The van der Waals surface area contributed by atoms with Crippen molar-refractivity contribution in [3.63, 3.8) is 0 Å². The highest BCUT2D eigenvalue weighted by molar-refractivity contribution is 6.30. The van der Waals surface area contributed by atoms with E-state index in [1.165, 1.54) is 4.90 Å². The molecule has 1 N–H and O–H groups in total. The number of rotatable bonds is 8. The quantitative estimate of drug-likeness (QED) is 0.287. The lowest BCUT2D eigenvalue weighted by molar-refractivity contribution is -0.138. The van der Waals surface area contributed by atoms with Crippen LogP contribution in [-0.4, -0.2) is 51.0 Å². The van der Waals surface area contributed by atoms with Crippen LogP contribution >= 0.6 is 11.6 Å². The fourth-order valence-corrected chi connectivity index (χ4v) is 4.32. The fraction of sp³-hybridized carbons (Fsp3) is 0.433. The van der Waals surface area contributed by atoms with E-state index < -0.39 is 6.09 Å². The Morgan fingerprint density at radius 3 is 2.15 bits per heavy atom. The Bertz CT molecular complexity index is 1190. The normalized spacial score (nSPS) is 13.8. The van der Waals surface area contributed by atoms with Gasteiger partial charge >= 0.3 is 6.09 Å². The third-order valence-corrected chi connectivity index (χ3v) is 6.56. The van der Waals surface area contributed by atoms with Gasteiger partial charge in [-0.15, -0.1) is 0 Å². The minimum atomic E-state index is -0.835. The van der Waals surface area contributed by atoms with Crippen molar-refractivity contribution in [3.05, 3.63) is 65.3 Å². The SMILES string of the molecule is CC(C)(C)OC=O.CCCCn1nc(C2CCN(C(=O)O)CC2)cc1-c1ccc(Oc2ccc(Cl)cc2)cc1. The third-order valence-electron chi connectivity index (χ3n) is 6.31. The summed E-state index contributed by atoms with van der Waals surface area (Å²) in [7, 11) is 0. The summed E-state index contributed by atoms with van der Waals surface area (Å²) >= 11 is 5.94. The maximum Gasteiger partial charge on any atom is 0.407 e. The second kappa shape index (κ2) is 14.0. The standard InChI is InChI=1S/C25H28ClN3O3.C5H10O2/c1-2-3-14-29-24(17-23(27-29)18-12-15-28(16-13-18)25(30)31)19-4-8-21(9-5-19)32-22-10-6-20(26)7-11-22;1-5(2,3)7-4-6/h4-11,17-18H,2-3,12-16H2,1H3,(H,30,31);4H,1-3H3. The van der Waals surface area contributed by atoms with Gasteiger partial charge in [-0.25, -0.2) is 4.79 Å². The van der Waals surface area contributed by atoms with Crippen LogP contribution < -0.4 is 4.74 Å². The molecule has 8 nitrogen and oxygen atoms in total. The van der Waals surface area contributed by atoms with E-state index >= 15 is 0 Å². The molecule has 1 amide bonds. The van der Waals surface area contributed by atoms with Gasteiger partial charge in [0.1, 0.15) is 17.1 Å². The number of aromatic nitrogens is 2. The lowest BCUT2D eigenvalue weighted by atomic mass is 9.93. The molecule has 1 saturated heterocycles. The molecular formula is C30H38ClN3O5. The molecule has 0 aliphatic carbocycles. The third kappa shape index (κ3) is 9.32. The van der Waals surface area contributed by atoms with Crippen LogP contribution in [0.3, 0.4) is 0 Å². The number of carbonyl (C=O) groups excluding carboxylic acids is 1. The molecule has 1 fully saturated rings. The van der Waals surface area contributed by atoms with Crippen LogP contribution in [0.2, 0.25) is 5.02 Å². The number of aryl methyl sites for hydroxylation is 1. The number of unbranched alkanes of at least 4 members (excludes halogenated alkanes) is 1. The van der Waals surface area contributed by atoms with Gasteiger partial charge in [0.25, 0.3) is 6.47 Å². The van der Waals surface area contributed by atoms with Crippen LogP contribution in [0.15, 0.2) is 54.6 Å². The van der Waals surface area contributed by atoms with Crippen molar-refractivity contribution in [2.24, 2.45) is 0 Å². The number of hydrogen-bond donors (Lipinski definition) is 1. The molecule has 0 radical (unpaired) electrons. The summed E-state index contributed by atoms with van der Waals surface area (Å²) in [5.74, 6) is 1.79. The lowest BCUT2D eigenvalue weighted by Crippen LogP contribution is -2.36. The van der Waals surface area contributed by atoms with Gasteiger partial charge in [0.05, 0.1) is 11.4 Å². The van der Waals surface area contributed by atoms with Gasteiger partial charge in [0, 0.05) is 36.1 Å². The number of nitrogens with zero attached hydrogens (tertiary/aromatic N) is 3. The number of halogens is 1. The van der Waals surface area contributed by atoms with Gasteiger partial charge in [-0.1, -0.05) is 24.9 Å². The Morgan fingerprint density at radius 2 is 1.67 bits per heavy atom. The van der Waals surface area contributed by atoms with E-state index in [1.54, 1.807) is 12.1 Å². The lowest BCUT2D eigenvalue weighted by Gasteiger charge is -2.28. The Balaban J connectivity index is 0.000000532. The van der Waals surface area contributed by atoms with Crippen LogP contribution in [0.25, 0.3) is 11.3 Å². The van der Waals surface area contributed by atoms with Gasteiger partial charge < -0.3 is 19.5 Å². The van der Waals surface area contributed by atoms with Crippen molar-refractivity contribution in [3.8, 4) is 22.8 Å². The number of hydrogen-bond acceptors (Lipinski definition) is 5. The zero-order chi connectivity index (χ0) is 28.4. The summed E-state index contributed by atoms with van der Waals surface area (Å²) < 4.78 is 12.6. The van der Waals surface area contributed by atoms with Crippen molar-refractivity contribution >= 4 is 24.2 Å². The first-order valence-corrected chi connectivity index (χ1v) is 13.7. The van der Waals surface area contributed by atoms with Crippen molar-refractivity contribution in [1.82, 2.24) is 14.7 Å². The molecule has 2 heterocycles. The maximum atomic E-state index is 11.2. The van der Waals surface area contributed by atoms with Crippen LogP contribution in [0, 0.1) is 0 Å². The molecule has 0 atom stereocenters. The van der Waals surface area contributed by atoms with Crippen molar-refractivity contribution in [2.75, 3.05) is 13.1 Å².